The zero-order chi connectivity index (χ0) is 17.9. The molecular formula is C17H22BrN3O3. The van der Waals surface area contributed by atoms with E-state index in [9.17, 15) is 14.4 Å². The molecule has 1 heterocycles. The van der Waals surface area contributed by atoms with Crippen LogP contribution in [0.4, 0.5) is 4.79 Å². The molecular weight excluding hydrogens is 374 g/mol. The number of halogens is 1. The van der Waals surface area contributed by atoms with Crippen molar-refractivity contribution in [3.63, 3.8) is 0 Å². The predicted octanol–water partition coefficient (Wildman–Crippen LogP) is 2.38. The first-order valence-corrected chi connectivity index (χ1v) is 8.70. The third-order valence-electron chi connectivity index (χ3n) is 4.04. The molecule has 2 N–H and O–H groups in total. The SMILES string of the molecule is CC(C)CCNC(=O)CN1C(=O)N[C@](C)(c2ccc(Br)cc2)C1=O. The van der Waals surface area contributed by atoms with Crippen molar-refractivity contribution in [2.75, 3.05) is 13.1 Å². The Morgan fingerprint density at radius 1 is 1.29 bits per heavy atom. The Morgan fingerprint density at radius 2 is 1.92 bits per heavy atom. The van der Waals surface area contributed by atoms with Gasteiger partial charge in [-0.1, -0.05) is 41.9 Å². The van der Waals surface area contributed by atoms with Crippen molar-refractivity contribution in [2.24, 2.45) is 5.92 Å². The summed E-state index contributed by atoms with van der Waals surface area (Å²) in [7, 11) is 0. The van der Waals surface area contributed by atoms with E-state index in [0.29, 0.717) is 18.0 Å². The molecule has 2 rings (SSSR count). The highest BCUT2D eigenvalue weighted by Gasteiger charge is 2.49. The van der Waals surface area contributed by atoms with Gasteiger partial charge in [0, 0.05) is 11.0 Å². The average Bonchev–Trinajstić information content (AvgIpc) is 2.72. The lowest BCUT2D eigenvalue weighted by Gasteiger charge is -2.22. The number of hydrogen-bond donors (Lipinski definition) is 2. The summed E-state index contributed by atoms with van der Waals surface area (Å²) in [6.07, 6.45) is 0.850. The monoisotopic (exact) mass is 395 g/mol. The average molecular weight is 396 g/mol. The molecule has 0 bridgehead atoms. The number of nitrogens with zero attached hydrogens (tertiary/aromatic N) is 1. The molecule has 130 valence electrons. The maximum Gasteiger partial charge on any atom is 0.325 e. The minimum atomic E-state index is -1.16. The molecule has 0 saturated carbocycles. The van der Waals surface area contributed by atoms with Gasteiger partial charge < -0.3 is 10.6 Å². The van der Waals surface area contributed by atoms with E-state index in [1.54, 1.807) is 31.2 Å². The molecule has 1 aromatic carbocycles. The second kappa shape index (κ2) is 7.34. The van der Waals surface area contributed by atoms with Gasteiger partial charge in [-0.15, -0.1) is 0 Å². The number of amides is 4. The highest BCUT2D eigenvalue weighted by atomic mass is 79.9. The Bertz CT molecular complexity index is 645. The van der Waals surface area contributed by atoms with Crippen LogP contribution in [-0.4, -0.2) is 35.8 Å². The van der Waals surface area contributed by atoms with Gasteiger partial charge in [-0.2, -0.15) is 0 Å². The first-order valence-electron chi connectivity index (χ1n) is 7.91. The molecule has 0 aromatic heterocycles. The minimum Gasteiger partial charge on any atom is -0.355 e. The van der Waals surface area contributed by atoms with Gasteiger partial charge >= 0.3 is 6.03 Å². The zero-order valence-electron chi connectivity index (χ0n) is 14.1. The molecule has 1 atom stereocenters. The van der Waals surface area contributed by atoms with Crippen LogP contribution in [0.1, 0.15) is 32.8 Å². The number of nitrogens with one attached hydrogen (secondary N) is 2. The zero-order valence-corrected chi connectivity index (χ0v) is 15.6. The van der Waals surface area contributed by atoms with E-state index in [4.69, 9.17) is 0 Å². The second-order valence-corrected chi connectivity index (χ2v) is 7.40. The summed E-state index contributed by atoms with van der Waals surface area (Å²) in [6.45, 7) is 6.03. The van der Waals surface area contributed by atoms with Crippen LogP contribution in [0.3, 0.4) is 0 Å². The van der Waals surface area contributed by atoms with Crippen LogP contribution in [0.2, 0.25) is 0 Å². The van der Waals surface area contributed by atoms with Crippen LogP contribution in [-0.2, 0) is 15.1 Å². The van der Waals surface area contributed by atoms with E-state index in [1.165, 1.54) is 0 Å². The number of benzene rings is 1. The molecule has 0 radical (unpaired) electrons. The highest BCUT2D eigenvalue weighted by Crippen LogP contribution is 2.29. The standard InChI is InChI=1S/C17H22BrN3O3/c1-11(2)8-9-19-14(22)10-21-15(23)17(3,20-16(21)24)12-4-6-13(18)7-5-12/h4-7,11H,8-10H2,1-3H3,(H,19,22)(H,20,24)/t17-/m1/s1. The Labute approximate surface area is 150 Å². The number of carbonyl (C=O) groups is 3. The molecule has 1 fully saturated rings. The van der Waals surface area contributed by atoms with Crippen molar-refractivity contribution in [3.05, 3.63) is 34.3 Å². The van der Waals surface area contributed by atoms with Crippen LogP contribution in [0.5, 0.6) is 0 Å². The van der Waals surface area contributed by atoms with Crippen molar-refractivity contribution < 1.29 is 14.4 Å². The smallest absolute Gasteiger partial charge is 0.325 e. The van der Waals surface area contributed by atoms with E-state index in [1.807, 2.05) is 0 Å². The van der Waals surface area contributed by atoms with Gasteiger partial charge in [-0.05, 0) is 37.0 Å². The van der Waals surface area contributed by atoms with E-state index in [0.717, 1.165) is 15.8 Å². The molecule has 6 nitrogen and oxygen atoms in total. The molecule has 1 aliphatic rings. The summed E-state index contributed by atoms with van der Waals surface area (Å²) in [5, 5.41) is 5.43. The van der Waals surface area contributed by atoms with Crippen LogP contribution in [0.25, 0.3) is 0 Å². The quantitative estimate of drug-likeness (QED) is 0.725. The Morgan fingerprint density at radius 3 is 2.50 bits per heavy atom. The summed E-state index contributed by atoms with van der Waals surface area (Å²) in [6, 6.07) is 6.61. The van der Waals surface area contributed by atoms with Gasteiger partial charge in [0.15, 0.2) is 0 Å². The molecule has 0 unspecified atom stereocenters. The first kappa shape index (κ1) is 18.4. The van der Waals surface area contributed by atoms with Gasteiger partial charge in [0.1, 0.15) is 12.1 Å². The molecule has 1 saturated heterocycles. The van der Waals surface area contributed by atoms with Crippen LogP contribution >= 0.6 is 15.9 Å². The van der Waals surface area contributed by atoms with Gasteiger partial charge in [-0.3, -0.25) is 14.5 Å². The lowest BCUT2D eigenvalue weighted by atomic mass is 9.92. The van der Waals surface area contributed by atoms with Gasteiger partial charge in [0.25, 0.3) is 5.91 Å². The highest BCUT2D eigenvalue weighted by molar-refractivity contribution is 9.10. The van der Waals surface area contributed by atoms with E-state index < -0.39 is 17.5 Å². The first-order chi connectivity index (χ1) is 11.2. The van der Waals surface area contributed by atoms with Crippen molar-refractivity contribution >= 4 is 33.8 Å². The van der Waals surface area contributed by atoms with E-state index >= 15 is 0 Å². The predicted molar refractivity (Wildman–Crippen MR) is 94.2 cm³/mol. The van der Waals surface area contributed by atoms with Crippen LogP contribution in [0.15, 0.2) is 28.7 Å². The lowest BCUT2D eigenvalue weighted by Crippen LogP contribution is -2.43. The molecule has 24 heavy (non-hydrogen) atoms. The summed E-state index contributed by atoms with van der Waals surface area (Å²) in [5.41, 5.74) is -0.484. The fourth-order valence-corrected chi connectivity index (χ4v) is 2.78. The third-order valence-corrected chi connectivity index (χ3v) is 4.57. The molecule has 1 aromatic rings. The van der Waals surface area contributed by atoms with Crippen LogP contribution < -0.4 is 10.6 Å². The van der Waals surface area contributed by atoms with Crippen molar-refractivity contribution in [1.82, 2.24) is 15.5 Å². The number of hydrogen-bond acceptors (Lipinski definition) is 3. The number of urea groups is 1. The fourth-order valence-electron chi connectivity index (χ4n) is 2.52. The molecule has 0 aliphatic carbocycles. The van der Waals surface area contributed by atoms with Crippen molar-refractivity contribution in [3.8, 4) is 0 Å². The number of rotatable bonds is 6. The lowest BCUT2D eigenvalue weighted by molar-refractivity contribution is -0.134. The largest absolute Gasteiger partial charge is 0.355 e. The maximum atomic E-state index is 12.7. The number of carbonyl (C=O) groups excluding carboxylic acids is 3. The van der Waals surface area contributed by atoms with Gasteiger partial charge in [-0.25, -0.2) is 4.79 Å². The van der Waals surface area contributed by atoms with Crippen molar-refractivity contribution in [1.29, 1.82) is 0 Å². The van der Waals surface area contributed by atoms with Gasteiger partial charge in [0.2, 0.25) is 5.91 Å². The second-order valence-electron chi connectivity index (χ2n) is 6.49. The molecule has 4 amide bonds. The maximum absolute atomic E-state index is 12.7. The summed E-state index contributed by atoms with van der Waals surface area (Å²) >= 11 is 3.34. The Balaban J connectivity index is 2.05. The van der Waals surface area contributed by atoms with Crippen LogP contribution in [0, 0.1) is 5.92 Å². The number of imide groups is 1. The fraction of sp³-hybridized carbons (Fsp3) is 0.471. The summed E-state index contributed by atoms with van der Waals surface area (Å²) in [5.74, 6) is -0.282. The summed E-state index contributed by atoms with van der Waals surface area (Å²) in [4.78, 5) is 37.8. The third kappa shape index (κ3) is 3.95. The van der Waals surface area contributed by atoms with Crippen molar-refractivity contribution in [2.45, 2.75) is 32.7 Å². The normalized spacial score (nSPS) is 20.5. The molecule has 1 aliphatic heterocycles. The Kier molecular flexibility index (Phi) is 5.64. The molecule has 7 heteroatoms. The van der Waals surface area contributed by atoms with E-state index in [2.05, 4.69) is 40.4 Å². The molecule has 0 spiro atoms. The Hall–Kier alpha value is -1.89. The van der Waals surface area contributed by atoms with Gasteiger partial charge in [0.05, 0.1) is 0 Å². The topological polar surface area (TPSA) is 78.5 Å². The summed E-state index contributed by atoms with van der Waals surface area (Å²) < 4.78 is 0.882. The van der Waals surface area contributed by atoms with E-state index in [-0.39, 0.29) is 12.5 Å². The minimum absolute atomic E-state index is 0.269.